The summed E-state index contributed by atoms with van der Waals surface area (Å²) in [6, 6.07) is 12.7. The Morgan fingerprint density at radius 1 is 1.02 bits per heavy atom. The summed E-state index contributed by atoms with van der Waals surface area (Å²) >= 11 is 0. The van der Waals surface area contributed by atoms with Gasteiger partial charge in [0.05, 0.1) is 16.0 Å². The number of pyridine rings is 1. The maximum Gasteiger partial charge on any atom is 0.493 e. The highest BCUT2D eigenvalue weighted by Crippen LogP contribution is 2.29. The van der Waals surface area contributed by atoms with Gasteiger partial charge >= 0.3 is 17.7 Å². The van der Waals surface area contributed by atoms with E-state index in [1.165, 1.54) is 18.2 Å². The lowest BCUT2D eigenvalue weighted by Crippen LogP contribution is -2.48. The van der Waals surface area contributed by atoms with Crippen molar-refractivity contribution in [3.8, 4) is 0 Å². The number of aromatic nitrogens is 1. The third-order valence-electron chi connectivity index (χ3n) is 5.70. The van der Waals surface area contributed by atoms with Crippen LogP contribution < -0.4 is 32.3 Å². The van der Waals surface area contributed by atoms with Crippen LogP contribution in [-0.2, 0) is 29.9 Å². The summed E-state index contributed by atoms with van der Waals surface area (Å²) in [7, 11) is -4.47. The van der Waals surface area contributed by atoms with Crippen molar-refractivity contribution in [1.82, 2.24) is 4.73 Å². The quantitative estimate of drug-likeness (QED) is 0.114. The number of fused-ring (bicyclic) bond motifs is 1. The molecule has 0 saturated carbocycles. The number of sulfonamides is 1. The lowest BCUT2D eigenvalue weighted by atomic mass is 9.82. The van der Waals surface area contributed by atoms with Gasteiger partial charge in [0.1, 0.15) is 12.3 Å². The Labute approximate surface area is 224 Å². The molecule has 0 saturated heterocycles. The van der Waals surface area contributed by atoms with E-state index >= 15 is 0 Å². The number of hydrogen-bond acceptors (Lipinski definition) is 8. The zero-order valence-electron chi connectivity index (χ0n) is 20.6. The number of halogens is 3. The first kappa shape index (κ1) is 29.8. The van der Waals surface area contributed by atoms with Crippen LogP contribution in [0.2, 0.25) is 0 Å². The second-order valence-corrected chi connectivity index (χ2v) is 10.2. The molecule has 1 atom stereocenters. The van der Waals surface area contributed by atoms with Gasteiger partial charge in [-0.25, -0.2) is 13.2 Å². The van der Waals surface area contributed by atoms with E-state index in [4.69, 9.17) is 22.0 Å². The van der Waals surface area contributed by atoms with E-state index in [0.717, 1.165) is 24.4 Å². The SMILES string of the molecule is CC(CCON=C(N)N)(C(N)=O)c1ccc(NS(=O)(=O)c2ccc3ccccc3c2)c(=O)n1OC(=O)C(F)(F)F. The summed E-state index contributed by atoms with van der Waals surface area (Å²) < 4.78 is 67.0. The molecule has 0 spiro atoms. The zero-order chi connectivity index (χ0) is 29.9. The van der Waals surface area contributed by atoms with Gasteiger partial charge in [0, 0.05) is 6.42 Å². The van der Waals surface area contributed by atoms with Crippen molar-refractivity contribution in [2.75, 3.05) is 11.3 Å². The van der Waals surface area contributed by atoms with Crippen LogP contribution in [0.4, 0.5) is 18.9 Å². The summed E-state index contributed by atoms with van der Waals surface area (Å²) in [6.07, 6.45) is -5.97. The normalized spacial score (nSPS) is 13.2. The molecule has 1 aromatic heterocycles. The molecule has 13 nitrogen and oxygen atoms in total. The number of oxime groups is 1. The minimum atomic E-state index is -5.56. The van der Waals surface area contributed by atoms with E-state index in [-0.39, 0.29) is 9.63 Å². The Morgan fingerprint density at radius 2 is 1.68 bits per heavy atom. The van der Waals surface area contributed by atoms with Gasteiger partial charge < -0.3 is 26.9 Å². The van der Waals surface area contributed by atoms with Gasteiger partial charge in [0.2, 0.25) is 11.9 Å². The molecule has 0 fully saturated rings. The fourth-order valence-corrected chi connectivity index (χ4v) is 4.61. The highest BCUT2D eigenvalue weighted by molar-refractivity contribution is 7.92. The minimum Gasteiger partial charge on any atom is -0.393 e. The second-order valence-electron chi connectivity index (χ2n) is 8.52. The summed E-state index contributed by atoms with van der Waals surface area (Å²) in [6.45, 7) is 0.703. The lowest BCUT2D eigenvalue weighted by Gasteiger charge is -2.28. The van der Waals surface area contributed by atoms with Crippen LogP contribution in [0.3, 0.4) is 0 Å². The number of nitrogens with zero attached hydrogens (tertiary/aromatic N) is 2. The van der Waals surface area contributed by atoms with Crippen LogP contribution in [0.25, 0.3) is 10.8 Å². The van der Waals surface area contributed by atoms with Gasteiger partial charge in [0.25, 0.3) is 10.0 Å². The molecule has 3 rings (SSSR count). The van der Waals surface area contributed by atoms with Crippen LogP contribution in [0, 0.1) is 0 Å². The number of guanidine groups is 1. The average molecular weight is 585 g/mol. The summed E-state index contributed by atoms with van der Waals surface area (Å²) in [5, 5.41) is 4.52. The number of carbonyl (C=O) groups is 2. The Kier molecular flexibility index (Phi) is 8.28. The van der Waals surface area contributed by atoms with E-state index in [1.807, 2.05) is 4.72 Å². The summed E-state index contributed by atoms with van der Waals surface area (Å²) in [5.74, 6) is -4.46. The number of alkyl halides is 3. The highest BCUT2D eigenvalue weighted by Gasteiger charge is 2.44. The van der Waals surface area contributed by atoms with Gasteiger partial charge in [-0.2, -0.15) is 13.2 Å². The van der Waals surface area contributed by atoms with Crippen LogP contribution in [0.1, 0.15) is 19.0 Å². The van der Waals surface area contributed by atoms with Crippen LogP contribution in [0.5, 0.6) is 0 Å². The van der Waals surface area contributed by atoms with Crippen LogP contribution in [0.15, 0.2) is 69.4 Å². The first-order valence-electron chi connectivity index (χ1n) is 11.1. The van der Waals surface area contributed by atoms with Crippen molar-refractivity contribution in [3.05, 3.63) is 70.6 Å². The standard InChI is InChI=1S/C23H23F3N6O7S/c1-22(19(27)34,10-11-38-30-21(28)29)17-9-8-16(18(33)32(17)39-20(35)23(24,25)26)31-40(36,37)15-7-6-13-4-2-3-5-14(13)12-15/h2-9,12,31H,10-11H2,1H3,(H2,27,34)(H4,28,29,30). The number of primary amides is 1. The number of rotatable bonds is 10. The monoisotopic (exact) mass is 584 g/mol. The number of nitrogens with one attached hydrogen (secondary N) is 1. The van der Waals surface area contributed by atoms with E-state index in [9.17, 15) is 36.0 Å². The number of anilines is 1. The Balaban J connectivity index is 2.10. The molecule has 1 heterocycles. The topological polar surface area (TPSA) is 211 Å². The summed E-state index contributed by atoms with van der Waals surface area (Å²) in [4.78, 5) is 46.1. The van der Waals surface area contributed by atoms with Crippen LogP contribution in [-0.4, -0.2) is 43.8 Å². The predicted octanol–water partition coefficient (Wildman–Crippen LogP) is 0.658. The number of hydrogen-bond donors (Lipinski definition) is 4. The molecule has 40 heavy (non-hydrogen) atoms. The Bertz CT molecular complexity index is 1650. The lowest BCUT2D eigenvalue weighted by molar-refractivity contribution is -0.200. The van der Waals surface area contributed by atoms with E-state index in [1.54, 1.807) is 24.3 Å². The molecule has 2 aromatic carbocycles. The van der Waals surface area contributed by atoms with Gasteiger partial charge in [-0.05, 0) is 47.1 Å². The third kappa shape index (κ3) is 6.42. The number of nitrogens with two attached hydrogens (primary N) is 3. The maximum absolute atomic E-state index is 13.2. The Hall–Kier alpha value is -4.80. The first-order chi connectivity index (χ1) is 18.6. The van der Waals surface area contributed by atoms with Gasteiger partial charge in [-0.3, -0.25) is 14.3 Å². The number of benzene rings is 2. The molecular formula is C23H23F3N6O7S. The molecule has 1 unspecified atom stereocenters. The van der Waals surface area contributed by atoms with Crippen molar-refractivity contribution < 1.29 is 40.9 Å². The molecule has 1 amide bonds. The largest absolute Gasteiger partial charge is 0.493 e. The highest BCUT2D eigenvalue weighted by atomic mass is 32.2. The Morgan fingerprint density at radius 3 is 2.27 bits per heavy atom. The smallest absolute Gasteiger partial charge is 0.393 e. The molecule has 214 valence electrons. The van der Waals surface area contributed by atoms with Gasteiger partial charge in [-0.1, -0.05) is 30.3 Å². The molecule has 3 aromatic rings. The molecule has 0 aliphatic carbocycles. The van der Waals surface area contributed by atoms with Crippen molar-refractivity contribution in [1.29, 1.82) is 0 Å². The van der Waals surface area contributed by atoms with Gasteiger partial charge in [-0.15, -0.1) is 4.73 Å². The van der Waals surface area contributed by atoms with Crippen LogP contribution >= 0.6 is 0 Å². The number of carbonyl (C=O) groups excluding carboxylic acids is 2. The molecule has 0 aliphatic rings. The molecule has 0 aliphatic heterocycles. The van der Waals surface area contributed by atoms with Crippen molar-refractivity contribution >= 4 is 44.3 Å². The zero-order valence-corrected chi connectivity index (χ0v) is 21.5. The molecule has 0 bridgehead atoms. The second kappa shape index (κ2) is 11.1. The fraction of sp³-hybridized carbons (Fsp3) is 0.217. The van der Waals surface area contributed by atoms with Crippen molar-refractivity contribution in [2.45, 2.75) is 29.8 Å². The van der Waals surface area contributed by atoms with Gasteiger partial charge in [0.15, 0.2) is 0 Å². The molecular weight excluding hydrogens is 561 g/mol. The minimum absolute atomic E-state index is 0.153. The first-order valence-corrected chi connectivity index (χ1v) is 12.6. The van der Waals surface area contributed by atoms with E-state index in [0.29, 0.717) is 5.39 Å². The average Bonchev–Trinajstić information content (AvgIpc) is 2.87. The van der Waals surface area contributed by atoms with Crippen molar-refractivity contribution in [3.63, 3.8) is 0 Å². The summed E-state index contributed by atoms with van der Waals surface area (Å²) in [5.41, 5.74) is 10.8. The molecule has 0 radical (unpaired) electrons. The fourth-order valence-electron chi connectivity index (χ4n) is 3.52. The molecule has 7 N–H and O–H groups in total. The van der Waals surface area contributed by atoms with E-state index < -0.39 is 69.4 Å². The third-order valence-corrected chi connectivity index (χ3v) is 7.06. The maximum atomic E-state index is 13.2. The van der Waals surface area contributed by atoms with E-state index in [2.05, 4.69) is 9.99 Å². The number of amides is 1. The predicted molar refractivity (Wildman–Crippen MR) is 136 cm³/mol. The molecule has 17 heteroatoms. The van der Waals surface area contributed by atoms with Crippen molar-refractivity contribution in [2.24, 2.45) is 22.4 Å².